The second kappa shape index (κ2) is 7.99. The third-order valence-corrected chi connectivity index (χ3v) is 7.98. The van der Waals surface area contributed by atoms with E-state index in [-0.39, 0.29) is 11.5 Å². The first kappa shape index (κ1) is 20.6. The van der Waals surface area contributed by atoms with Crippen LogP contribution in [0.4, 0.5) is 5.69 Å². The first-order valence-electron chi connectivity index (χ1n) is 9.94. The van der Waals surface area contributed by atoms with Crippen LogP contribution in [0.15, 0.2) is 63.3 Å². The highest BCUT2D eigenvalue weighted by Crippen LogP contribution is 2.46. The zero-order valence-corrected chi connectivity index (χ0v) is 19.3. The van der Waals surface area contributed by atoms with Crippen LogP contribution in [0.25, 0.3) is 10.6 Å². The summed E-state index contributed by atoms with van der Waals surface area (Å²) in [6.45, 7) is 2.15. The first-order chi connectivity index (χ1) is 15.5. The second-order valence-electron chi connectivity index (χ2n) is 7.43. The van der Waals surface area contributed by atoms with Gasteiger partial charge in [-0.3, -0.25) is 14.2 Å². The molecule has 1 N–H and O–H groups in total. The van der Waals surface area contributed by atoms with Gasteiger partial charge >= 0.3 is 0 Å². The Kier molecular flexibility index (Phi) is 5.15. The first-order valence-corrected chi connectivity index (χ1v) is 11.6. The van der Waals surface area contributed by atoms with Gasteiger partial charge in [0.2, 0.25) is 0 Å². The molecule has 2 aliphatic heterocycles. The summed E-state index contributed by atoms with van der Waals surface area (Å²) in [5.41, 5.74) is 5.38. The minimum absolute atomic E-state index is 0.122. The molecule has 1 amide bonds. The van der Waals surface area contributed by atoms with Gasteiger partial charge in [-0.15, -0.1) is 11.3 Å². The number of hydrazone groups is 1. The molecule has 0 saturated heterocycles. The molecule has 0 fully saturated rings. The van der Waals surface area contributed by atoms with E-state index in [0.717, 1.165) is 26.9 Å². The predicted octanol–water partition coefficient (Wildman–Crippen LogP) is 1.93. The standard InChI is InChI=1S/C23H20N4O3S2/c1-13-18(20(28)25-24-13)22-27(12-14-7-5-4-6-8-14)21(29)19(32-22)23-26(2)16-11-15(30-3)9-10-17(16)31-23/h4-11H,12H2,1-3H3,(H,25,28)/b22-18+,23-19-. The summed E-state index contributed by atoms with van der Waals surface area (Å²) in [7, 11) is 3.58. The highest BCUT2D eigenvalue weighted by molar-refractivity contribution is 8.08. The summed E-state index contributed by atoms with van der Waals surface area (Å²) in [6, 6.07) is 15.6. The lowest BCUT2D eigenvalue weighted by atomic mass is 10.2. The molecule has 0 atom stereocenters. The molecule has 2 aromatic carbocycles. The number of amides is 1. The topological polar surface area (TPSA) is 75.9 Å². The molecule has 7 nitrogen and oxygen atoms in total. The van der Waals surface area contributed by atoms with Crippen LogP contribution in [0, 0.1) is 0 Å². The van der Waals surface area contributed by atoms with Crippen molar-refractivity contribution < 1.29 is 9.53 Å². The van der Waals surface area contributed by atoms with Gasteiger partial charge in [-0.2, -0.15) is 5.10 Å². The van der Waals surface area contributed by atoms with Crippen LogP contribution < -0.4 is 29.8 Å². The summed E-state index contributed by atoms with van der Waals surface area (Å²) in [5.74, 6) is 0.471. The van der Waals surface area contributed by atoms with E-state index in [2.05, 4.69) is 10.5 Å². The number of rotatable bonds is 3. The molecule has 0 bridgehead atoms. The molecule has 9 heteroatoms. The van der Waals surface area contributed by atoms with Crippen LogP contribution in [0.3, 0.4) is 0 Å². The third-order valence-electron chi connectivity index (χ3n) is 5.43. The number of carbonyl (C=O) groups is 1. The van der Waals surface area contributed by atoms with Crippen LogP contribution in [0.2, 0.25) is 0 Å². The molecule has 0 spiro atoms. The molecule has 2 aliphatic rings. The lowest BCUT2D eigenvalue weighted by Crippen LogP contribution is -2.35. The number of nitrogens with one attached hydrogen (secondary N) is 1. The van der Waals surface area contributed by atoms with Gasteiger partial charge in [0, 0.05) is 18.0 Å². The zero-order valence-electron chi connectivity index (χ0n) is 17.7. The minimum Gasteiger partial charge on any atom is -0.497 e. The van der Waals surface area contributed by atoms with Crippen LogP contribution in [-0.2, 0) is 11.3 Å². The van der Waals surface area contributed by atoms with E-state index in [4.69, 9.17) is 4.74 Å². The third kappa shape index (κ3) is 3.34. The molecule has 0 aliphatic carbocycles. The van der Waals surface area contributed by atoms with Crippen molar-refractivity contribution in [1.29, 1.82) is 0 Å². The number of thioether (sulfide) groups is 1. The lowest BCUT2D eigenvalue weighted by molar-refractivity contribution is -0.115. The summed E-state index contributed by atoms with van der Waals surface area (Å²) in [6.07, 6.45) is 0. The Morgan fingerprint density at radius 3 is 2.59 bits per heavy atom. The Balaban J connectivity index is 1.76. The fourth-order valence-corrected chi connectivity index (χ4v) is 6.28. The maximum absolute atomic E-state index is 13.7. The maximum atomic E-state index is 13.7. The quantitative estimate of drug-likeness (QED) is 0.641. The fraction of sp³-hybridized carbons (Fsp3) is 0.174. The van der Waals surface area contributed by atoms with Crippen molar-refractivity contribution in [3.63, 3.8) is 0 Å². The van der Waals surface area contributed by atoms with Crippen molar-refractivity contribution in [2.75, 3.05) is 19.1 Å². The number of anilines is 1. The van der Waals surface area contributed by atoms with Crippen molar-refractivity contribution in [1.82, 2.24) is 9.99 Å². The molecule has 1 aromatic heterocycles. The number of methoxy groups -OCH3 is 1. The van der Waals surface area contributed by atoms with Gasteiger partial charge in [0.1, 0.15) is 20.0 Å². The molecule has 162 valence electrons. The van der Waals surface area contributed by atoms with E-state index in [9.17, 15) is 9.59 Å². The SMILES string of the molecule is COc1ccc2c(c1)N(C)/C(=c1/s/c(=C3/C(=O)NN=C3C)n(Cc3ccccc3)c1=O)S2. The number of carbonyl (C=O) groups excluding carboxylic acids is 1. The Morgan fingerprint density at radius 1 is 1.12 bits per heavy atom. The molecule has 0 radical (unpaired) electrons. The number of hydrogen-bond acceptors (Lipinski definition) is 7. The predicted molar refractivity (Wildman–Crippen MR) is 129 cm³/mol. The van der Waals surface area contributed by atoms with E-state index in [1.54, 1.807) is 30.4 Å². The van der Waals surface area contributed by atoms with Crippen molar-refractivity contribution in [2.45, 2.75) is 18.4 Å². The molecule has 0 saturated carbocycles. The minimum atomic E-state index is -0.289. The average molecular weight is 465 g/mol. The van der Waals surface area contributed by atoms with Crippen LogP contribution in [0.5, 0.6) is 5.75 Å². The number of thiazole rings is 1. The summed E-state index contributed by atoms with van der Waals surface area (Å²) >= 11 is 2.88. The van der Waals surface area contributed by atoms with Crippen LogP contribution in [0.1, 0.15) is 12.5 Å². The number of benzene rings is 2. The van der Waals surface area contributed by atoms with E-state index in [1.165, 1.54) is 11.3 Å². The van der Waals surface area contributed by atoms with Gasteiger partial charge in [0.25, 0.3) is 11.5 Å². The summed E-state index contributed by atoms with van der Waals surface area (Å²) < 4.78 is 8.25. The van der Waals surface area contributed by atoms with Crippen molar-refractivity contribution in [3.8, 4) is 5.75 Å². The maximum Gasteiger partial charge on any atom is 0.276 e. The summed E-state index contributed by atoms with van der Waals surface area (Å²) in [5, 5.41) is 4.90. The van der Waals surface area contributed by atoms with Gasteiger partial charge in [-0.25, -0.2) is 5.43 Å². The fourth-order valence-electron chi connectivity index (χ4n) is 3.76. The van der Waals surface area contributed by atoms with Gasteiger partial charge in [0.15, 0.2) is 0 Å². The van der Waals surface area contributed by atoms with Crippen molar-refractivity contribution in [3.05, 3.63) is 73.6 Å². The molecule has 5 rings (SSSR count). The van der Waals surface area contributed by atoms with Gasteiger partial charge in [-0.1, -0.05) is 42.1 Å². The van der Waals surface area contributed by atoms with Crippen LogP contribution >= 0.6 is 23.1 Å². The number of hydrogen-bond donors (Lipinski definition) is 1. The number of aromatic nitrogens is 1. The normalized spacial score (nSPS) is 18.5. The highest BCUT2D eigenvalue weighted by atomic mass is 32.2. The number of fused-ring (bicyclic) bond motifs is 1. The zero-order chi connectivity index (χ0) is 22.4. The van der Waals surface area contributed by atoms with E-state index >= 15 is 0 Å². The molecule has 0 unspecified atom stereocenters. The molecular formula is C23H20N4O3S2. The molecule has 32 heavy (non-hydrogen) atoms. The van der Waals surface area contributed by atoms with Crippen molar-refractivity contribution >= 4 is 51.0 Å². The lowest BCUT2D eigenvalue weighted by Gasteiger charge is -2.13. The van der Waals surface area contributed by atoms with Crippen LogP contribution in [-0.4, -0.2) is 30.3 Å². The second-order valence-corrected chi connectivity index (χ2v) is 9.46. The van der Waals surface area contributed by atoms with Crippen molar-refractivity contribution in [2.24, 2.45) is 5.10 Å². The molecular weight excluding hydrogens is 444 g/mol. The van der Waals surface area contributed by atoms with Gasteiger partial charge in [-0.05, 0) is 24.6 Å². The van der Waals surface area contributed by atoms with E-state index in [1.807, 2.05) is 60.5 Å². The number of nitrogens with zero attached hydrogens (tertiary/aromatic N) is 3. The molecule has 3 aromatic rings. The van der Waals surface area contributed by atoms with E-state index < -0.39 is 0 Å². The number of ether oxygens (including phenoxy) is 1. The average Bonchev–Trinajstić information content (AvgIpc) is 3.42. The Labute approximate surface area is 192 Å². The van der Waals surface area contributed by atoms with Gasteiger partial charge in [0.05, 0.1) is 30.6 Å². The smallest absolute Gasteiger partial charge is 0.276 e. The Morgan fingerprint density at radius 2 is 1.91 bits per heavy atom. The Bertz CT molecular complexity index is 1450. The monoisotopic (exact) mass is 464 g/mol. The van der Waals surface area contributed by atoms with Gasteiger partial charge < -0.3 is 9.64 Å². The summed E-state index contributed by atoms with van der Waals surface area (Å²) in [4.78, 5) is 29.3. The van der Waals surface area contributed by atoms with E-state index in [0.29, 0.717) is 27.0 Å². The highest BCUT2D eigenvalue weighted by Gasteiger charge is 2.27. The molecule has 3 heterocycles. The largest absolute Gasteiger partial charge is 0.497 e. The Hall–Kier alpha value is -3.30.